The molecule has 0 aromatic heterocycles. The molecular formula is C18H27N3O. The molecule has 22 heavy (non-hydrogen) atoms. The predicted molar refractivity (Wildman–Crippen MR) is 90.7 cm³/mol. The zero-order valence-electron chi connectivity index (χ0n) is 13.7. The standard InChI is InChI=1S/C18H27N3O/c1-4-18(22)19-17(15-8-6-5-7-9-15)14-21(3)16-10-12-20(2)13-11-16/h4-9,16-17H,1,10-14H2,2-3H3,(H,19,22). The third-order valence-corrected chi connectivity index (χ3v) is 4.49. The van der Waals surface area contributed by atoms with Crippen LogP contribution in [-0.2, 0) is 4.79 Å². The zero-order valence-corrected chi connectivity index (χ0v) is 13.7. The van der Waals surface area contributed by atoms with Crippen LogP contribution in [0.5, 0.6) is 0 Å². The normalized spacial score (nSPS) is 18.1. The summed E-state index contributed by atoms with van der Waals surface area (Å²) in [4.78, 5) is 16.5. The Morgan fingerprint density at radius 2 is 2.05 bits per heavy atom. The van der Waals surface area contributed by atoms with Gasteiger partial charge in [0.25, 0.3) is 0 Å². The van der Waals surface area contributed by atoms with Gasteiger partial charge < -0.3 is 15.1 Å². The molecule has 1 aliphatic rings. The summed E-state index contributed by atoms with van der Waals surface area (Å²) in [7, 11) is 4.33. The van der Waals surface area contributed by atoms with Crippen molar-refractivity contribution in [1.82, 2.24) is 15.1 Å². The van der Waals surface area contributed by atoms with Crippen molar-refractivity contribution in [2.24, 2.45) is 0 Å². The maximum absolute atomic E-state index is 11.7. The average Bonchev–Trinajstić information content (AvgIpc) is 2.55. The molecule has 4 nitrogen and oxygen atoms in total. The van der Waals surface area contributed by atoms with E-state index in [1.54, 1.807) is 0 Å². The molecule has 0 radical (unpaired) electrons. The minimum Gasteiger partial charge on any atom is -0.344 e. The molecule has 1 atom stereocenters. The fraction of sp³-hybridized carbons (Fsp3) is 0.500. The van der Waals surface area contributed by atoms with Crippen molar-refractivity contribution in [3.8, 4) is 0 Å². The molecule has 0 bridgehead atoms. The number of carbonyl (C=O) groups is 1. The van der Waals surface area contributed by atoms with E-state index < -0.39 is 0 Å². The van der Waals surface area contributed by atoms with E-state index in [-0.39, 0.29) is 11.9 Å². The second-order valence-electron chi connectivity index (χ2n) is 6.15. The largest absolute Gasteiger partial charge is 0.344 e. The van der Waals surface area contributed by atoms with E-state index in [1.165, 1.54) is 18.9 Å². The number of likely N-dealkylation sites (N-methyl/N-ethyl adjacent to an activating group) is 1. The number of hydrogen-bond donors (Lipinski definition) is 1. The van der Waals surface area contributed by atoms with Gasteiger partial charge in [-0.1, -0.05) is 36.9 Å². The lowest BCUT2D eigenvalue weighted by molar-refractivity contribution is -0.117. The van der Waals surface area contributed by atoms with Gasteiger partial charge in [-0.05, 0) is 51.7 Å². The van der Waals surface area contributed by atoms with Crippen molar-refractivity contribution in [3.63, 3.8) is 0 Å². The molecule has 2 rings (SSSR count). The molecule has 1 aliphatic heterocycles. The minimum absolute atomic E-state index is 0.00337. The molecule has 4 heteroatoms. The van der Waals surface area contributed by atoms with Gasteiger partial charge in [0.1, 0.15) is 0 Å². The van der Waals surface area contributed by atoms with Crippen LogP contribution in [0, 0.1) is 0 Å². The third-order valence-electron chi connectivity index (χ3n) is 4.49. The van der Waals surface area contributed by atoms with E-state index in [0.29, 0.717) is 6.04 Å². The van der Waals surface area contributed by atoms with E-state index in [2.05, 4.69) is 47.9 Å². The van der Waals surface area contributed by atoms with Crippen LogP contribution in [-0.4, -0.2) is 55.5 Å². The highest BCUT2D eigenvalue weighted by molar-refractivity contribution is 5.87. The minimum atomic E-state index is -0.120. The molecule has 1 N–H and O–H groups in total. The van der Waals surface area contributed by atoms with Crippen molar-refractivity contribution in [3.05, 3.63) is 48.6 Å². The molecule has 120 valence electrons. The van der Waals surface area contributed by atoms with Gasteiger partial charge in [0.05, 0.1) is 6.04 Å². The van der Waals surface area contributed by atoms with Crippen molar-refractivity contribution < 1.29 is 4.79 Å². The Bertz CT molecular complexity index is 480. The van der Waals surface area contributed by atoms with Crippen LogP contribution in [0.1, 0.15) is 24.4 Å². The second-order valence-corrected chi connectivity index (χ2v) is 6.15. The number of benzene rings is 1. The highest BCUT2D eigenvalue weighted by atomic mass is 16.1. The Labute approximate surface area is 133 Å². The van der Waals surface area contributed by atoms with E-state index in [4.69, 9.17) is 0 Å². The predicted octanol–water partition coefficient (Wildman–Crippen LogP) is 2.06. The summed E-state index contributed by atoms with van der Waals surface area (Å²) in [5.74, 6) is -0.120. The molecule has 1 unspecified atom stereocenters. The van der Waals surface area contributed by atoms with Crippen molar-refractivity contribution in [2.45, 2.75) is 24.9 Å². The molecule has 1 fully saturated rings. The Balaban J connectivity index is 2.02. The van der Waals surface area contributed by atoms with Gasteiger partial charge >= 0.3 is 0 Å². The molecule has 0 spiro atoms. The van der Waals surface area contributed by atoms with Crippen LogP contribution < -0.4 is 5.32 Å². The quantitative estimate of drug-likeness (QED) is 0.817. The summed E-state index contributed by atoms with van der Waals surface area (Å²) in [5.41, 5.74) is 1.14. The summed E-state index contributed by atoms with van der Waals surface area (Å²) in [6, 6.07) is 10.7. The van der Waals surface area contributed by atoms with Crippen LogP contribution >= 0.6 is 0 Å². The molecule has 1 amide bonds. The first kappa shape index (κ1) is 16.7. The summed E-state index contributed by atoms with van der Waals surface area (Å²) in [6.07, 6.45) is 3.71. The first-order valence-electron chi connectivity index (χ1n) is 7.97. The lowest BCUT2D eigenvalue weighted by Crippen LogP contribution is -2.45. The molecule has 1 aromatic rings. The Morgan fingerprint density at radius 3 is 2.64 bits per heavy atom. The van der Waals surface area contributed by atoms with Gasteiger partial charge in [-0.15, -0.1) is 0 Å². The first-order valence-corrected chi connectivity index (χ1v) is 7.97. The van der Waals surface area contributed by atoms with Crippen LogP contribution in [0.2, 0.25) is 0 Å². The van der Waals surface area contributed by atoms with Gasteiger partial charge in [-0.2, -0.15) is 0 Å². The average molecular weight is 301 g/mol. The van der Waals surface area contributed by atoms with Crippen molar-refractivity contribution >= 4 is 5.91 Å². The number of rotatable bonds is 6. The highest BCUT2D eigenvalue weighted by Crippen LogP contribution is 2.19. The monoisotopic (exact) mass is 301 g/mol. The molecule has 0 saturated carbocycles. The SMILES string of the molecule is C=CC(=O)NC(CN(C)C1CCN(C)CC1)c1ccccc1. The fourth-order valence-electron chi connectivity index (χ4n) is 3.02. The Kier molecular flexibility index (Phi) is 6.16. The van der Waals surface area contributed by atoms with Crippen LogP contribution in [0.4, 0.5) is 0 Å². The lowest BCUT2D eigenvalue weighted by Gasteiger charge is -2.37. The van der Waals surface area contributed by atoms with E-state index >= 15 is 0 Å². The number of nitrogens with zero attached hydrogens (tertiary/aromatic N) is 2. The van der Waals surface area contributed by atoms with Crippen molar-refractivity contribution in [1.29, 1.82) is 0 Å². The number of hydrogen-bond acceptors (Lipinski definition) is 3. The summed E-state index contributed by atoms with van der Waals surface area (Å²) < 4.78 is 0. The smallest absolute Gasteiger partial charge is 0.243 e. The van der Waals surface area contributed by atoms with Gasteiger partial charge in [0.2, 0.25) is 5.91 Å². The maximum atomic E-state index is 11.7. The van der Waals surface area contributed by atoms with E-state index in [1.807, 2.05) is 18.2 Å². The molecule has 0 aliphatic carbocycles. The van der Waals surface area contributed by atoms with Crippen LogP contribution in [0.3, 0.4) is 0 Å². The van der Waals surface area contributed by atoms with E-state index in [0.717, 1.165) is 25.2 Å². The highest BCUT2D eigenvalue weighted by Gasteiger charge is 2.23. The van der Waals surface area contributed by atoms with Gasteiger partial charge in [0.15, 0.2) is 0 Å². The number of carbonyl (C=O) groups excluding carboxylic acids is 1. The van der Waals surface area contributed by atoms with E-state index in [9.17, 15) is 4.79 Å². The molecule has 1 saturated heterocycles. The van der Waals surface area contributed by atoms with Crippen LogP contribution in [0.25, 0.3) is 0 Å². The Morgan fingerprint density at radius 1 is 1.41 bits per heavy atom. The zero-order chi connectivity index (χ0) is 15.9. The lowest BCUT2D eigenvalue weighted by atomic mass is 10.0. The molecule has 1 aromatic carbocycles. The third kappa shape index (κ3) is 4.68. The second kappa shape index (κ2) is 8.11. The number of amides is 1. The van der Waals surface area contributed by atoms with Gasteiger partial charge in [-0.25, -0.2) is 0 Å². The van der Waals surface area contributed by atoms with Crippen molar-refractivity contribution in [2.75, 3.05) is 33.7 Å². The number of nitrogens with one attached hydrogen (secondary N) is 1. The first-order chi connectivity index (χ1) is 10.6. The summed E-state index contributed by atoms with van der Waals surface area (Å²) in [5, 5.41) is 3.05. The number of likely N-dealkylation sites (tertiary alicyclic amines) is 1. The fourth-order valence-corrected chi connectivity index (χ4v) is 3.02. The molecule has 1 heterocycles. The Hall–Kier alpha value is -1.65. The summed E-state index contributed by atoms with van der Waals surface area (Å²) >= 11 is 0. The van der Waals surface area contributed by atoms with Gasteiger partial charge in [-0.3, -0.25) is 4.79 Å². The topological polar surface area (TPSA) is 35.6 Å². The molecular weight excluding hydrogens is 274 g/mol. The van der Waals surface area contributed by atoms with Gasteiger partial charge in [0, 0.05) is 12.6 Å². The summed E-state index contributed by atoms with van der Waals surface area (Å²) in [6.45, 7) is 6.66. The van der Waals surface area contributed by atoms with Crippen LogP contribution in [0.15, 0.2) is 43.0 Å². The maximum Gasteiger partial charge on any atom is 0.243 e. The number of piperidine rings is 1.